The average molecular weight is 492 g/mol. The standard InChI is InChI=1S/C26H19F2N3O3S/c1-33-21-9-5-17(6-10-21)14-23-24(32)31(20-7-11-22(12-8-20)34-25(27)28)26(30-23)35-16-19-4-2-3-18(13-19)15-29/h2-14,25H,16H2,1H3/b23-14-. The monoisotopic (exact) mass is 491 g/mol. The number of nitriles is 1. The van der Waals surface area contributed by atoms with E-state index in [0.29, 0.717) is 27.9 Å². The number of carbonyl (C=O) groups is 1. The molecule has 0 spiro atoms. The summed E-state index contributed by atoms with van der Waals surface area (Å²) < 4.78 is 34.6. The van der Waals surface area contributed by atoms with Gasteiger partial charge in [0.15, 0.2) is 5.17 Å². The number of halogens is 2. The van der Waals surface area contributed by atoms with E-state index in [-0.39, 0.29) is 17.4 Å². The smallest absolute Gasteiger partial charge is 0.387 e. The molecular weight excluding hydrogens is 472 g/mol. The maximum Gasteiger partial charge on any atom is 0.387 e. The van der Waals surface area contributed by atoms with Gasteiger partial charge in [-0.05, 0) is 65.7 Å². The Kier molecular flexibility index (Phi) is 7.43. The van der Waals surface area contributed by atoms with Gasteiger partial charge in [-0.25, -0.2) is 4.99 Å². The number of carbonyl (C=O) groups excluding carboxylic acids is 1. The first-order valence-electron chi connectivity index (χ1n) is 10.4. The van der Waals surface area contributed by atoms with Crippen LogP contribution in [0.25, 0.3) is 6.08 Å². The Bertz CT molecular complexity index is 1320. The van der Waals surface area contributed by atoms with Crippen molar-refractivity contribution in [3.63, 3.8) is 0 Å². The molecule has 0 saturated heterocycles. The SMILES string of the molecule is COc1ccc(/C=C2\N=C(SCc3cccc(C#N)c3)N(c3ccc(OC(F)F)cc3)C2=O)cc1. The molecule has 176 valence electrons. The highest BCUT2D eigenvalue weighted by molar-refractivity contribution is 8.13. The molecular formula is C26H19F2N3O3S. The lowest BCUT2D eigenvalue weighted by molar-refractivity contribution is -0.113. The second-order valence-electron chi connectivity index (χ2n) is 7.31. The van der Waals surface area contributed by atoms with Crippen molar-refractivity contribution in [1.82, 2.24) is 0 Å². The number of rotatable bonds is 7. The fraction of sp³-hybridized carbons (Fsp3) is 0.115. The fourth-order valence-electron chi connectivity index (χ4n) is 3.33. The lowest BCUT2D eigenvalue weighted by Gasteiger charge is -2.18. The summed E-state index contributed by atoms with van der Waals surface area (Å²) in [5.74, 6) is 0.804. The second-order valence-corrected chi connectivity index (χ2v) is 8.25. The largest absolute Gasteiger partial charge is 0.497 e. The van der Waals surface area contributed by atoms with Gasteiger partial charge in [0.1, 0.15) is 17.2 Å². The van der Waals surface area contributed by atoms with Crippen molar-refractivity contribution < 1.29 is 23.0 Å². The zero-order chi connectivity index (χ0) is 24.8. The Morgan fingerprint density at radius 3 is 2.46 bits per heavy atom. The normalized spacial score (nSPS) is 14.3. The van der Waals surface area contributed by atoms with Crippen LogP contribution in [0.5, 0.6) is 11.5 Å². The van der Waals surface area contributed by atoms with Crippen molar-refractivity contribution in [2.24, 2.45) is 4.99 Å². The lowest BCUT2D eigenvalue weighted by Crippen LogP contribution is -2.30. The van der Waals surface area contributed by atoms with Gasteiger partial charge in [0.2, 0.25) is 0 Å². The van der Waals surface area contributed by atoms with E-state index in [9.17, 15) is 13.6 Å². The number of amides is 1. The summed E-state index contributed by atoms with van der Waals surface area (Å²) in [5.41, 5.74) is 2.91. The third-order valence-electron chi connectivity index (χ3n) is 4.99. The van der Waals surface area contributed by atoms with E-state index < -0.39 is 6.61 Å². The minimum absolute atomic E-state index is 0.0103. The molecule has 0 aromatic heterocycles. The molecule has 0 bridgehead atoms. The first-order chi connectivity index (χ1) is 17.0. The molecule has 9 heteroatoms. The van der Waals surface area contributed by atoms with Gasteiger partial charge in [-0.1, -0.05) is 36.0 Å². The number of thioether (sulfide) groups is 1. The van der Waals surface area contributed by atoms with E-state index >= 15 is 0 Å². The molecule has 0 fully saturated rings. The van der Waals surface area contributed by atoms with Gasteiger partial charge in [0, 0.05) is 5.75 Å². The van der Waals surface area contributed by atoms with Crippen LogP contribution in [0.15, 0.2) is 83.5 Å². The summed E-state index contributed by atoms with van der Waals surface area (Å²) >= 11 is 1.33. The molecule has 3 aromatic carbocycles. The fourth-order valence-corrected chi connectivity index (χ4v) is 4.29. The Hall–Kier alpha value is -4.16. The molecule has 0 N–H and O–H groups in total. The summed E-state index contributed by atoms with van der Waals surface area (Å²) in [4.78, 5) is 19.3. The molecule has 0 unspecified atom stereocenters. The van der Waals surface area contributed by atoms with Gasteiger partial charge in [-0.3, -0.25) is 9.69 Å². The summed E-state index contributed by atoms with van der Waals surface area (Å²) in [7, 11) is 1.57. The van der Waals surface area contributed by atoms with Gasteiger partial charge in [0.25, 0.3) is 5.91 Å². The molecule has 1 amide bonds. The number of hydrogen-bond donors (Lipinski definition) is 0. The highest BCUT2D eigenvalue weighted by atomic mass is 32.2. The summed E-state index contributed by atoms with van der Waals surface area (Å²) in [6.45, 7) is -2.94. The Morgan fingerprint density at radius 2 is 1.80 bits per heavy atom. The maximum absolute atomic E-state index is 13.3. The summed E-state index contributed by atoms with van der Waals surface area (Å²) in [6.07, 6.45) is 1.67. The van der Waals surface area contributed by atoms with Gasteiger partial charge >= 0.3 is 6.61 Å². The van der Waals surface area contributed by atoms with Crippen LogP contribution in [0.1, 0.15) is 16.7 Å². The minimum atomic E-state index is -2.94. The second kappa shape index (κ2) is 10.8. The van der Waals surface area contributed by atoms with E-state index in [1.54, 1.807) is 43.5 Å². The predicted octanol–water partition coefficient (Wildman–Crippen LogP) is 5.85. The minimum Gasteiger partial charge on any atom is -0.497 e. The lowest BCUT2D eigenvalue weighted by atomic mass is 10.2. The van der Waals surface area contributed by atoms with Crippen LogP contribution in [0.4, 0.5) is 14.5 Å². The molecule has 1 aliphatic rings. The number of nitrogens with zero attached hydrogens (tertiary/aromatic N) is 3. The molecule has 35 heavy (non-hydrogen) atoms. The Labute approximate surface area is 205 Å². The van der Waals surface area contributed by atoms with Crippen LogP contribution in [-0.2, 0) is 10.5 Å². The first-order valence-corrected chi connectivity index (χ1v) is 11.4. The van der Waals surface area contributed by atoms with Crippen LogP contribution in [0, 0.1) is 11.3 Å². The van der Waals surface area contributed by atoms with Gasteiger partial charge in [0.05, 0.1) is 24.4 Å². The molecule has 6 nitrogen and oxygen atoms in total. The van der Waals surface area contributed by atoms with Crippen molar-refractivity contribution in [1.29, 1.82) is 5.26 Å². The molecule has 0 atom stereocenters. The van der Waals surface area contributed by atoms with Crippen LogP contribution in [-0.4, -0.2) is 24.8 Å². The quantitative estimate of drug-likeness (QED) is 0.388. The first kappa shape index (κ1) is 24.0. The highest BCUT2D eigenvalue weighted by Gasteiger charge is 2.32. The third kappa shape index (κ3) is 5.86. The number of anilines is 1. The molecule has 0 aliphatic carbocycles. The molecule has 1 heterocycles. The van der Waals surface area contributed by atoms with Crippen LogP contribution in [0.2, 0.25) is 0 Å². The van der Waals surface area contributed by atoms with Gasteiger partial charge in [-0.15, -0.1) is 0 Å². The molecule has 4 rings (SSSR count). The predicted molar refractivity (Wildman–Crippen MR) is 131 cm³/mol. The number of aliphatic imine (C=N–C) groups is 1. The van der Waals surface area contributed by atoms with Crippen molar-refractivity contribution >= 4 is 34.6 Å². The highest BCUT2D eigenvalue weighted by Crippen LogP contribution is 2.32. The zero-order valence-corrected chi connectivity index (χ0v) is 19.3. The van der Waals surface area contributed by atoms with Gasteiger partial charge < -0.3 is 9.47 Å². The Morgan fingerprint density at radius 1 is 1.09 bits per heavy atom. The van der Waals surface area contributed by atoms with Crippen molar-refractivity contribution in [3.05, 3.63) is 95.2 Å². The number of alkyl halides is 2. The van der Waals surface area contributed by atoms with Crippen LogP contribution < -0.4 is 14.4 Å². The van der Waals surface area contributed by atoms with Crippen molar-refractivity contribution in [2.45, 2.75) is 12.4 Å². The van der Waals surface area contributed by atoms with Crippen LogP contribution in [0.3, 0.4) is 0 Å². The van der Waals surface area contributed by atoms with E-state index in [2.05, 4.69) is 15.8 Å². The molecule has 1 aliphatic heterocycles. The molecule has 0 saturated carbocycles. The van der Waals surface area contributed by atoms with Crippen molar-refractivity contribution in [3.8, 4) is 17.6 Å². The number of hydrogen-bond acceptors (Lipinski definition) is 6. The maximum atomic E-state index is 13.3. The van der Waals surface area contributed by atoms with E-state index in [0.717, 1.165) is 11.1 Å². The number of benzene rings is 3. The number of ether oxygens (including phenoxy) is 2. The average Bonchev–Trinajstić information content (AvgIpc) is 3.18. The van der Waals surface area contributed by atoms with Crippen molar-refractivity contribution in [2.75, 3.05) is 12.0 Å². The topological polar surface area (TPSA) is 74.9 Å². The van der Waals surface area contributed by atoms with E-state index in [1.807, 2.05) is 18.2 Å². The molecule has 0 radical (unpaired) electrons. The van der Waals surface area contributed by atoms with Gasteiger partial charge in [-0.2, -0.15) is 14.0 Å². The Balaban J connectivity index is 1.63. The van der Waals surface area contributed by atoms with E-state index in [4.69, 9.17) is 10.00 Å². The van der Waals surface area contributed by atoms with Crippen LogP contribution >= 0.6 is 11.8 Å². The zero-order valence-electron chi connectivity index (χ0n) is 18.5. The number of methoxy groups -OCH3 is 1. The molecule has 3 aromatic rings. The third-order valence-corrected chi connectivity index (χ3v) is 6.00. The number of amidine groups is 1. The summed E-state index contributed by atoms with van der Waals surface area (Å²) in [6, 6.07) is 22.3. The summed E-state index contributed by atoms with van der Waals surface area (Å²) in [5, 5.41) is 9.58. The van der Waals surface area contributed by atoms with E-state index in [1.165, 1.54) is 40.9 Å².